The second kappa shape index (κ2) is 7.72. The van der Waals surface area contributed by atoms with Crippen molar-refractivity contribution in [3.05, 3.63) is 52.9 Å². The van der Waals surface area contributed by atoms with Gasteiger partial charge in [-0.1, -0.05) is 11.6 Å². The Morgan fingerprint density at radius 1 is 1.38 bits per heavy atom. The minimum atomic E-state index is -3.11. The summed E-state index contributed by atoms with van der Waals surface area (Å²) in [6.45, 7) is 1.89. The first-order chi connectivity index (χ1) is 12.3. The van der Waals surface area contributed by atoms with E-state index in [1.54, 1.807) is 30.3 Å². The summed E-state index contributed by atoms with van der Waals surface area (Å²) < 4.78 is 34.5. The highest BCUT2D eigenvalue weighted by Gasteiger charge is 2.35. The van der Waals surface area contributed by atoms with Crippen LogP contribution >= 0.6 is 11.6 Å². The predicted molar refractivity (Wildman–Crippen MR) is 98.0 cm³/mol. The van der Waals surface area contributed by atoms with Crippen molar-refractivity contribution in [1.29, 1.82) is 0 Å². The molecule has 0 unspecified atom stereocenters. The number of sulfone groups is 1. The third kappa shape index (κ3) is 4.59. The first-order valence-corrected chi connectivity index (χ1v) is 10.5. The number of amides is 1. The summed E-state index contributed by atoms with van der Waals surface area (Å²) >= 11 is 5.99. The Morgan fingerprint density at radius 3 is 2.81 bits per heavy atom. The number of rotatable bonds is 6. The standard InChI is InChI=1S/C18H20ClNO5S/c1-13-9-15(4-5-17(13)19)25-11-18(21)20(10-16-3-2-7-24-16)14-6-8-26(22,23)12-14/h2-5,7,9,14H,6,8,10-12H2,1H3/t14-/m1/s1. The maximum atomic E-state index is 12.7. The summed E-state index contributed by atoms with van der Waals surface area (Å²) in [5, 5.41) is 0.624. The molecule has 0 radical (unpaired) electrons. The molecule has 3 rings (SSSR count). The maximum absolute atomic E-state index is 12.7. The smallest absolute Gasteiger partial charge is 0.261 e. The molecule has 1 saturated heterocycles. The zero-order valence-electron chi connectivity index (χ0n) is 14.4. The van der Waals surface area contributed by atoms with Gasteiger partial charge in [0.05, 0.1) is 24.3 Å². The molecule has 2 heterocycles. The van der Waals surface area contributed by atoms with E-state index in [2.05, 4.69) is 0 Å². The fraction of sp³-hybridized carbons (Fsp3) is 0.389. The number of furan rings is 1. The van der Waals surface area contributed by atoms with Crippen molar-refractivity contribution in [3.8, 4) is 5.75 Å². The summed E-state index contributed by atoms with van der Waals surface area (Å²) in [4.78, 5) is 14.3. The van der Waals surface area contributed by atoms with Crippen LogP contribution in [-0.4, -0.2) is 43.4 Å². The topological polar surface area (TPSA) is 76.8 Å². The lowest BCUT2D eigenvalue weighted by molar-refractivity contribution is -0.136. The Kier molecular flexibility index (Phi) is 5.58. The quantitative estimate of drug-likeness (QED) is 0.749. The van der Waals surface area contributed by atoms with E-state index in [1.807, 2.05) is 6.92 Å². The lowest BCUT2D eigenvalue weighted by Gasteiger charge is -2.27. The second-order valence-electron chi connectivity index (χ2n) is 6.36. The molecule has 140 valence electrons. The van der Waals surface area contributed by atoms with Crippen LogP contribution in [0.15, 0.2) is 41.0 Å². The highest BCUT2D eigenvalue weighted by Crippen LogP contribution is 2.23. The summed E-state index contributed by atoms with van der Waals surface area (Å²) in [5.74, 6) is 0.925. The number of ether oxygens (including phenoxy) is 1. The van der Waals surface area contributed by atoms with Gasteiger partial charge in [0.2, 0.25) is 0 Å². The fourth-order valence-electron chi connectivity index (χ4n) is 2.95. The van der Waals surface area contributed by atoms with Crippen molar-refractivity contribution < 1.29 is 22.4 Å². The Morgan fingerprint density at radius 2 is 2.19 bits per heavy atom. The number of hydrogen-bond donors (Lipinski definition) is 0. The Hall–Kier alpha value is -1.99. The largest absolute Gasteiger partial charge is 0.484 e. The Bertz CT molecular complexity index is 879. The first kappa shape index (κ1) is 18.8. The molecule has 1 atom stereocenters. The molecule has 8 heteroatoms. The SMILES string of the molecule is Cc1cc(OCC(=O)N(Cc2ccco2)[C@@H]2CCS(=O)(=O)C2)ccc1Cl. The number of halogens is 1. The number of hydrogen-bond acceptors (Lipinski definition) is 5. The van der Waals surface area contributed by atoms with E-state index < -0.39 is 9.84 Å². The average molecular weight is 398 g/mol. The molecule has 1 aromatic heterocycles. The molecule has 0 N–H and O–H groups in total. The molecule has 26 heavy (non-hydrogen) atoms. The van der Waals surface area contributed by atoms with E-state index >= 15 is 0 Å². The third-order valence-corrected chi connectivity index (χ3v) is 6.54. The fourth-order valence-corrected chi connectivity index (χ4v) is 4.80. The van der Waals surface area contributed by atoms with Crippen LogP contribution < -0.4 is 4.74 Å². The summed E-state index contributed by atoms with van der Waals surface area (Å²) in [7, 11) is -3.11. The van der Waals surface area contributed by atoms with Crippen molar-refractivity contribution in [2.24, 2.45) is 0 Å². The predicted octanol–water partition coefficient (Wildman–Crippen LogP) is 2.84. The summed E-state index contributed by atoms with van der Waals surface area (Å²) in [6, 6.07) is 8.28. The van der Waals surface area contributed by atoms with E-state index in [9.17, 15) is 13.2 Å². The van der Waals surface area contributed by atoms with Crippen LogP contribution in [0.4, 0.5) is 0 Å². The first-order valence-electron chi connectivity index (χ1n) is 8.25. The van der Waals surface area contributed by atoms with Gasteiger partial charge in [0.15, 0.2) is 16.4 Å². The minimum absolute atomic E-state index is 0.0283. The molecule has 1 fully saturated rings. The molecule has 2 aromatic rings. The van der Waals surface area contributed by atoms with Gasteiger partial charge in [0, 0.05) is 11.1 Å². The maximum Gasteiger partial charge on any atom is 0.261 e. The zero-order valence-corrected chi connectivity index (χ0v) is 15.9. The van der Waals surface area contributed by atoms with E-state index in [1.165, 1.54) is 11.2 Å². The van der Waals surface area contributed by atoms with E-state index in [0.717, 1.165) is 5.56 Å². The number of nitrogens with zero attached hydrogens (tertiary/aromatic N) is 1. The van der Waals surface area contributed by atoms with Gasteiger partial charge in [0.1, 0.15) is 11.5 Å². The highest BCUT2D eigenvalue weighted by molar-refractivity contribution is 7.91. The molecular formula is C18H20ClNO5S. The number of carbonyl (C=O) groups excluding carboxylic acids is 1. The molecule has 6 nitrogen and oxygen atoms in total. The van der Waals surface area contributed by atoms with Gasteiger partial charge in [-0.15, -0.1) is 0 Å². The highest BCUT2D eigenvalue weighted by atomic mass is 35.5. The van der Waals surface area contributed by atoms with Crippen LogP contribution in [0.2, 0.25) is 5.02 Å². The minimum Gasteiger partial charge on any atom is -0.484 e. The van der Waals surface area contributed by atoms with Crippen LogP contribution in [0, 0.1) is 6.92 Å². The van der Waals surface area contributed by atoms with Gasteiger partial charge in [-0.2, -0.15) is 0 Å². The van der Waals surface area contributed by atoms with Gasteiger partial charge in [0.25, 0.3) is 5.91 Å². The third-order valence-electron chi connectivity index (χ3n) is 4.37. The molecule has 0 saturated carbocycles. The number of aryl methyl sites for hydroxylation is 1. The molecule has 0 spiro atoms. The Balaban J connectivity index is 1.70. The van der Waals surface area contributed by atoms with Crippen LogP contribution in [0.1, 0.15) is 17.7 Å². The number of carbonyl (C=O) groups is 1. The molecule has 0 aliphatic carbocycles. The van der Waals surface area contributed by atoms with Gasteiger partial charge in [-0.3, -0.25) is 4.79 Å². The lowest BCUT2D eigenvalue weighted by Crippen LogP contribution is -2.43. The summed E-state index contributed by atoms with van der Waals surface area (Å²) in [5.41, 5.74) is 0.853. The molecule has 1 amide bonds. The molecule has 1 aromatic carbocycles. The van der Waals surface area contributed by atoms with Gasteiger partial charge in [-0.25, -0.2) is 8.42 Å². The summed E-state index contributed by atoms with van der Waals surface area (Å²) in [6.07, 6.45) is 1.95. The van der Waals surface area contributed by atoms with Gasteiger partial charge >= 0.3 is 0 Å². The lowest BCUT2D eigenvalue weighted by atomic mass is 10.2. The van der Waals surface area contributed by atoms with Crippen molar-refractivity contribution in [1.82, 2.24) is 4.90 Å². The average Bonchev–Trinajstić information content (AvgIpc) is 3.22. The van der Waals surface area contributed by atoms with Gasteiger partial charge < -0.3 is 14.1 Å². The van der Waals surface area contributed by atoms with Crippen LogP contribution in [-0.2, 0) is 21.2 Å². The molecule has 1 aliphatic rings. The Labute approximate surface area is 157 Å². The normalized spacial score (nSPS) is 18.6. The number of benzene rings is 1. The molecule has 0 bridgehead atoms. The van der Waals surface area contributed by atoms with Crippen LogP contribution in [0.25, 0.3) is 0 Å². The molecule has 1 aliphatic heterocycles. The van der Waals surface area contributed by atoms with Crippen molar-refractivity contribution in [2.45, 2.75) is 25.9 Å². The molecular weight excluding hydrogens is 378 g/mol. The van der Waals surface area contributed by atoms with Crippen molar-refractivity contribution in [2.75, 3.05) is 18.1 Å². The zero-order chi connectivity index (χ0) is 18.7. The monoisotopic (exact) mass is 397 g/mol. The van der Waals surface area contributed by atoms with Crippen molar-refractivity contribution >= 4 is 27.3 Å². The van der Waals surface area contributed by atoms with E-state index in [0.29, 0.717) is 23.0 Å². The van der Waals surface area contributed by atoms with Crippen molar-refractivity contribution in [3.63, 3.8) is 0 Å². The van der Waals surface area contributed by atoms with Crippen LogP contribution in [0.3, 0.4) is 0 Å². The van der Waals surface area contributed by atoms with E-state index in [4.69, 9.17) is 20.8 Å². The van der Waals surface area contributed by atoms with Crippen LogP contribution in [0.5, 0.6) is 5.75 Å². The second-order valence-corrected chi connectivity index (χ2v) is 8.99. The van der Waals surface area contributed by atoms with E-state index in [-0.39, 0.29) is 36.6 Å². The van der Waals surface area contributed by atoms with Gasteiger partial charge in [-0.05, 0) is 49.2 Å².